The molecule has 0 bridgehead atoms. The summed E-state index contributed by atoms with van der Waals surface area (Å²) < 4.78 is 0. The fraction of sp³-hybridized carbons (Fsp3) is 0.867. The number of amides is 2. The summed E-state index contributed by atoms with van der Waals surface area (Å²) in [6, 6.07) is 0.237. The number of carbonyl (C=O) groups excluding carboxylic acids is 1. The molecule has 0 aromatic carbocycles. The Hall–Kier alpha value is -1.30. The van der Waals surface area contributed by atoms with E-state index in [9.17, 15) is 19.8 Å². The quantitative estimate of drug-likeness (QED) is 0.764. The van der Waals surface area contributed by atoms with Crippen molar-refractivity contribution in [1.82, 2.24) is 9.80 Å². The van der Waals surface area contributed by atoms with Crippen molar-refractivity contribution >= 4 is 12.0 Å². The second-order valence-corrected chi connectivity index (χ2v) is 6.80. The molecule has 1 atom stereocenters. The summed E-state index contributed by atoms with van der Waals surface area (Å²) in [5.41, 5.74) is -0.479. The molecule has 1 spiro atoms. The Bertz CT molecular complexity index is 433. The zero-order valence-corrected chi connectivity index (χ0v) is 12.3. The van der Waals surface area contributed by atoms with Crippen LogP contribution in [0.15, 0.2) is 0 Å². The van der Waals surface area contributed by atoms with Crippen LogP contribution in [-0.4, -0.2) is 63.8 Å². The smallest absolute Gasteiger partial charge is 0.407 e. The third-order valence-corrected chi connectivity index (χ3v) is 5.50. The van der Waals surface area contributed by atoms with Crippen LogP contribution in [0.2, 0.25) is 0 Å². The van der Waals surface area contributed by atoms with Crippen LogP contribution in [0.4, 0.5) is 4.79 Å². The Morgan fingerprint density at radius 3 is 2.52 bits per heavy atom. The molecule has 0 radical (unpaired) electrons. The highest BCUT2D eigenvalue weighted by Gasteiger charge is 2.51. The van der Waals surface area contributed by atoms with E-state index in [-0.39, 0.29) is 18.1 Å². The molecule has 3 fully saturated rings. The van der Waals surface area contributed by atoms with Crippen LogP contribution in [0.25, 0.3) is 0 Å². The maximum atomic E-state index is 12.9. The van der Waals surface area contributed by atoms with Gasteiger partial charge in [0.1, 0.15) is 0 Å². The fourth-order valence-electron chi connectivity index (χ4n) is 4.24. The predicted molar refractivity (Wildman–Crippen MR) is 75.9 cm³/mol. The summed E-state index contributed by atoms with van der Waals surface area (Å²) in [7, 11) is 0. The molecule has 1 saturated carbocycles. The Labute approximate surface area is 124 Å². The van der Waals surface area contributed by atoms with E-state index in [1.54, 1.807) is 0 Å². The van der Waals surface area contributed by atoms with E-state index in [0.29, 0.717) is 13.1 Å². The molecular formula is C15H24N2O4. The summed E-state index contributed by atoms with van der Waals surface area (Å²) >= 11 is 0. The minimum absolute atomic E-state index is 0.148. The van der Waals surface area contributed by atoms with Crippen molar-refractivity contribution in [1.29, 1.82) is 0 Å². The van der Waals surface area contributed by atoms with Gasteiger partial charge in [0, 0.05) is 25.7 Å². The van der Waals surface area contributed by atoms with E-state index in [1.807, 2.05) is 4.90 Å². The molecule has 6 nitrogen and oxygen atoms in total. The number of nitrogens with zero attached hydrogens (tertiary/aromatic N) is 2. The number of aliphatic hydroxyl groups is 1. The first kappa shape index (κ1) is 14.6. The van der Waals surface area contributed by atoms with Gasteiger partial charge >= 0.3 is 6.09 Å². The van der Waals surface area contributed by atoms with Crippen molar-refractivity contribution in [2.75, 3.05) is 19.6 Å². The Morgan fingerprint density at radius 2 is 1.86 bits per heavy atom. The van der Waals surface area contributed by atoms with Gasteiger partial charge in [-0.1, -0.05) is 0 Å². The number of hydrogen-bond acceptors (Lipinski definition) is 3. The summed E-state index contributed by atoms with van der Waals surface area (Å²) in [5.74, 6) is 0.148. The van der Waals surface area contributed by atoms with E-state index < -0.39 is 11.5 Å². The van der Waals surface area contributed by atoms with Gasteiger partial charge in [-0.15, -0.1) is 0 Å². The van der Waals surface area contributed by atoms with Crippen molar-refractivity contribution in [3.8, 4) is 0 Å². The molecule has 3 rings (SSSR count). The van der Waals surface area contributed by atoms with E-state index >= 15 is 0 Å². The number of likely N-dealkylation sites (tertiary alicyclic amines) is 2. The van der Waals surface area contributed by atoms with Crippen LogP contribution in [0.5, 0.6) is 0 Å². The second kappa shape index (κ2) is 5.48. The largest absolute Gasteiger partial charge is 0.465 e. The van der Waals surface area contributed by atoms with Gasteiger partial charge in [0.15, 0.2) is 0 Å². The first-order valence-electron chi connectivity index (χ1n) is 7.99. The summed E-state index contributed by atoms with van der Waals surface area (Å²) in [4.78, 5) is 27.4. The summed E-state index contributed by atoms with van der Waals surface area (Å²) in [6.45, 7) is 1.64. The molecule has 2 amide bonds. The van der Waals surface area contributed by atoms with Gasteiger partial charge in [0.2, 0.25) is 5.91 Å². The van der Waals surface area contributed by atoms with Crippen LogP contribution < -0.4 is 0 Å². The molecule has 2 heterocycles. The molecule has 21 heavy (non-hydrogen) atoms. The SMILES string of the molecule is O=C(O)N1CCC[C@@]2(CCN(C3CCC(O)CC3)C2=O)C1. The topological polar surface area (TPSA) is 81.1 Å². The third kappa shape index (κ3) is 2.61. The normalized spacial score (nSPS) is 37.3. The maximum absolute atomic E-state index is 12.9. The highest BCUT2D eigenvalue weighted by molar-refractivity contribution is 5.86. The van der Waals surface area contributed by atoms with Crippen LogP contribution >= 0.6 is 0 Å². The Balaban J connectivity index is 1.69. The van der Waals surface area contributed by atoms with Gasteiger partial charge in [-0.25, -0.2) is 4.79 Å². The summed E-state index contributed by atoms with van der Waals surface area (Å²) in [5, 5.41) is 18.8. The average Bonchev–Trinajstić information content (AvgIpc) is 2.77. The molecule has 2 N–H and O–H groups in total. The molecule has 0 aromatic rings. The molecule has 2 aliphatic heterocycles. The fourth-order valence-corrected chi connectivity index (χ4v) is 4.24. The third-order valence-electron chi connectivity index (χ3n) is 5.50. The number of carboxylic acid groups (broad SMARTS) is 1. The van der Waals surface area contributed by atoms with Crippen LogP contribution in [0.3, 0.4) is 0 Å². The van der Waals surface area contributed by atoms with Gasteiger partial charge < -0.3 is 20.0 Å². The number of rotatable bonds is 1. The zero-order valence-electron chi connectivity index (χ0n) is 12.3. The molecule has 3 aliphatic rings. The first-order valence-corrected chi connectivity index (χ1v) is 7.99. The second-order valence-electron chi connectivity index (χ2n) is 6.80. The van der Waals surface area contributed by atoms with Gasteiger partial charge in [-0.05, 0) is 44.9 Å². The number of aliphatic hydroxyl groups excluding tert-OH is 1. The highest BCUT2D eigenvalue weighted by atomic mass is 16.4. The molecule has 118 valence electrons. The molecule has 0 aromatic heterocycles. The molecule has 6 heteroatoms. The highest BCUT2D eigenvalue weighted by Crippen LogP contribution is 2.42. The van der Waals surface area contributed by atoms with Crippen LogP contribution in [0.1, 0.15) is 44.9 Å². The number of hydrogen-bond donors (Lipinski definition) is 2. The monoisotopic (exact) mass is 296 g/mol. The van der Waals surface area contributed by atoms with Gasteiger partial charge in [-0.2, -0.15) is 0 Å². The van der Waals surface area contributed by atoms with E-state index in [2.05, 4.69) is 0 Å². The van der Waals surface area contributed by atoms with Crippen molar-refractivity contribution in [3.05, 3.63) is 0 Å². The van der Waals surface area contributed by atoms with Crippen LogP contribution in [0, 0.1) is 5.41 Å². The predicted octanol–water partition coefficient (Wildman–Crippen LogP) is 1.28. The molecular weight excluding hydrogens is 272 g/mol. The zero-order chi connectivity index (χ0) is 15.0. The van der Waals surface area contributed by atoms with Crippen LogP contribution in [-0.2, 0) is 4.79 Å². The molecule has 1 aliphatic carbocycles. The standard InChI is InChI=1S/C15H24N2O4/c18-12-4-2-11(3-5-12)17-9-7-15(13(17)19)6-1-8-16(10-15)14(20)21/h11-12,18H,1-10H2,(H,20,21)/t11?,12?,15-/m1/s1. The number of carbonyl (C=O) groups is 2. The van der Waals surface area contributed by atoms with E-state index in [0.717, 1.165) is 51.5 Å². The van der Waals surface area contributed by atoms with Crippen molar-refractivity contribution in [2.24, 2.45) is 5.41 Å². The minimum Gasteiger partial charge on any atom is -0.465 e. The van der Waals surface area contributed by atoms with Gasteiger partial charge in [-0.3, -0.25) is 4.79 Å². The number of piperidine rings is 1. The van der Waals surface area contributed by atoms with E-state index in [4.69, 9.17) is 0 Å². The lowest BCUT2D eigenvalue weighted by atomic mass is 9.78. The Kier molecular flexibility index (Phi) is 3.82. The molecule has 2 saturated heterocycles. The Morgan fingerprint density at radius 1 is 1.14 bits per heavy atom. The summed E-state index contributed by atoms with van der Waals surface area (Å²) in [6.07, 6.45) is 4.49. The lowest BCUT2D eigenvalue weighted by molar-refractivity contribution is -0.141. The average molecular weight is 296 g/mol. The van der Waals surface area contributed by atoms with E-state index in [1.165, 1.54) is 4.90 Å². The first-order chi connectivity index (χ1) is 10.0. The minimum atomic E-state index is -0.916. The maximum Gasteiger partial charge on any atom is 0.407 e. The molecule has 0 unspecified atom stereocenters. The van der Waals surface area contributed by atoms with Crippen molar-refractivity contribution in [3.63, 3.8) is 0 Å². The van der Waals surface area contributed by atoms with Crippen molar-refractivity contribution in [2.45, 2.75) is 57.1 Å². The van der Waals surface area contributed by atoms with Crippen molar-refractivity contribution < 1.29 is 19.8 Å². The lowest BCUT2D eigenvalue weighted by Crippen LogP contribution is -2.51. The van der Waals surface area contributed by atoms with Gasteiger partial charge in [0.25, 0.3) is 0 Å². The van der Waals surface area contributed by atoms with Gasteiger partial charge in [0.05, 0.1) is 11.5 Å². The lowest BCUT2D eigenvalue weighted by Gasteiger charge is -2.39.